The Hall–Kier alpha value is -3.93. The molecule has 0 bridgehead atoms. The van der Waals surface area contributed by atoms with Crippen LogP contribution in [-0.2, 0) is 15.5 Å². The smallest absolute Gasteiger partial charge is 0.505 e. The Morgan fingerprint density at radius 2 is 1.33 bits per heavy atom. The van der Waals surface area contributed by atoms with E-state index in [0.717, 1.165) is 16.7 Å². The van der Waals surface area contributed by atoms with E-state index in [2.05, 4.69) is 87.5 Å². The quantitative estimate of drug-likeness (QED) is 0.170. The van der Waals surface area contributed by atoms with Crippen LogP contribution >= 0.6 is 0 Å². The van der Waals surface area contributed by atoms with E-state index in [9.17, 15) is 8.63 Å². The Labute approximate surface area is 229 Å². The van der Waals surface area contributed by atoms with Crippen LogP contribution < -0.4 is 0 Å². The highest BCUT2D eigenvalue weighted by Gasteiger charge is 2.22. The lowest BCUT2D eigenvalue weighted by Crippen LogP contribution is -2.10. The Kier molecular flexibility index (Phi) is 6.83. The Morgan fingerprint density at radius 3 is 1.79 bits per heavy atom. The van der Waals surface area contributed by atoms with Gasteiger partial charge in [0.1, 0.15) is 5.76 Å². The van der Waals surface area contributed by atoms with E-state index in [1.807, 2.05) is 24.3 Å². The number of benzene rings is 3. The van der Waals surface area contributed by atoms with Crippen LogP contribution in [0.3, 0.4) is 0 Å². The maximum atomic E-state index is 13.3. The number of hydrogen-bond acceptors (Lipinski definition) is 2. The van der Waals surface area contributed by atoms with Gasteiger partial charge in [-0.3, -0.25) is 4.98 Å². The highest BCUT2D eigenvalue weighted by atomic mass is 19.2. The van der Waals surface area contributed by atoms with Crippen LogP contribution in [0, 0.1) is 0 Å². The molecule has 0 fully saturated rings. The van der Waals surface area contributed by atoms with E-state index < -0.39 is 7.47 Å². The lowest BCUT2D eigenvalue weighted by molar-refractivity contribution is 0.398. The van der Waals surface area contributed by atoms with Crippen molar-refractivity contribution in [2.24, 2.45) is 0 Å². The molecule has 0 aliphatic rings. The highest BCUT2D eigenvalue weighted by Crippen LogP contribution is 2.37. The largest absolute Gasteiger partial charge is 0.796 e. The van der Waals surface area contributed by atoms with Gasteiger partial charge in [-0.25, -0.2) is 8.63 Å². The molecule has 2 heterocycles. The summed E-state index contributed by atoms with van der Waals surface area (Å²) in [4.78, 5) is 4.22. The van der Waals surface area contributed by atoms with E-state index >= 15 is 0 Å². The van der Waals surface area contributed by atoms with Gasteiger partial charge in [0.25, 0.3) is 0 Å². The minimum atomic E-state index is -2.94. The molecule has 3 aromatic carbocycles. The fourth-order valence-corrected chi connectivity index (χ4v) is 4.89. The van der Waals surface area contributed by atoms with E-state index in [0.29, 0.717) is 11.3 Å². The van der Waals surface area contributed by atoms with Crippen molar-refractivity contribution in [3.8, 4) is 5.69 Å². The summed E-state index contributed by atoms with van der Waals surface area (Å²) in [5.74, 6) is 0.0714. The monoisotopic (exact) mass is 522 g/mol. The first kappa shape index (κ1) is 26.7. The van der Waals surface area contributed by atoms with Crippen molar-refractivity contribution in [2.75, 3.05) is 0 Å². The first-order valence-electron chi connectivity index (χ1n) is 13.2. The van der Waals surface area contributed by atoms with E-state index in [-0.39, 0.29) is 16.6 Å². The third-order valence-electron chi connectivity index (χ3n) is 7.09. The number of nitrogens with zero attached hydrogens (tertiary/aromatic N) is 2. The second-order valence-corrected chi connectivity index (χ2v) is 12.0. The summed E-state index contributed by atoms with van der Waals surface area (Å²) in [6.07, 6.45) is 3.15. The van der Waals surface area contributed by atoms with Gasteiger partial charge in [0.05, 0.1) is 16.7 Å². The maximum absolute atomic E-state index is 13.3. The zero-order valence-electron chi connectivity index (χ0n) is 23.3. The minimum Gasteiger partial charge on any atom is -0.505 e. The van der Waals surface area contributed by atoms with Gasteiger partial charge in [-0.05, 0) is 82.6 Å². The number of aromatic nitrogens is 2. The number of fused-ring (bicyclic) bond motifs is 3. The van der Waals surface area contributed by atoms with Gasteiger partial charge >= 0.3 is 7.47 Å². The van der Waals surface area contributed by atoms with Crippen LogP contribution in [-0.4, -0.2) is 17.0 Å². The molecule has 6 heteroatoms. The second kappa shape index (κ2) is 9.99. The van der Waals surface area contributed by atoms with Crippen LogP contribution in [0.2, 0.25) is 0 Å². The molecule has 2 aromatic heterocycles. The first-order chi connectivity index (χ1) is 18.4. The molecule has 0 N–H and O–H groups in total. The fourth-order valence-electron chi connectivity index (χ4n) is 4.89. The van der Waals surface area contributed by atoms with Crippen LogP contribution in [0.4, 0.5) is 8.63 Å². The summed E-state index contributed by atoms with van der Waals surface area (Å²) < 4.78 is 33.7. The van der Waals surface area contributed by atoms with Crippen molar-refractivity contribution in [2.45, 2.75) is 52.4 Å². The Bertz CT molecular complexity index is 1590. The Morgan fingerprint density at radius 1 is 0.769 bits per heavy atom. The van der Waals surface area contributed by atoms with Crippen molar-refractivity contribution in [3.63, 3.8) is 0 Å². The molecular weight excluding hydrogens is 489 g/mol. The zero-order valence-corrected chi connectivity index (χ0v) is 23.3. The number of rotatable bonds is 5. The minimum absolute atomic E-state index is 0.0208. The van der Waals surface area contributed by atoms with Gasteiger partial charge in [-0.1, -0.05) is 59.7 Å². The van der Waals surface area contributed by atoms with E-state index in [4.69, 9.17) is 4.65 Å². The SMILES string of the molecule is CC(C)(C)c1ccc2c(c1)c1cc(C(C)(C)C)ccc1n2-c1ccc(/C(=C\c2ccccn2)OB(F)F)cc1. The maximum Gasteiger partial charge on any atom is 0.796 e. The third kappa shape index (κ3) is 5.47. The normalized spacial score (nSPS) is 12.8. The standard InChI is InChI=1S/C33H33BF2N2O/c1-32(2,3)23-12-16-29-27(19-23)28-20-24(33(4,5)6)13-17-30(28)38(29)26-14-10-22(11-15-26)31(39-34(35)36)21-25-9-7-8-18-37-25/h7-21H,1-6H3/b31-21+. The van der Waals surface area contributed by atoms with Gasteiger partial charge in [-0.2, -0.15) is 0 Å². The number of halogens is 2. The fraction of sp³-hybridized carbons (Fsp3) is 0.242. The summed E-state index contributed by atoms with van der Waals surface area (Å²) in [5, 5.41) is 2.40. The number of pyridine rings is 1. The van der Waals surface area contributed by atoms with Gasteiger partial charge in [0.2, 0.25) is 0 Å². The van der Waals surface area contributed by atoms with Crippen molar-refractivity contribution in [3.05, 3.63) is 107 Å². The molecule has 0 saturated carbocycles. The lowest BCUT2D eigenvalue weighted by atomic mass is 9.85. The molecule has 0 radical (unpaired) electrons. The molecule has 0 saturated heterocycles. The van der Waals surface area contributed by atoms with Crippen LogP contribution in [0.15, 0.2) is 85.1 Å². The molecular formula is C33H33BF2N2O. The topological polar surface area (TPSA) is 27.1 Å². The van der Waals surface area contributed by atoms with Crippen molar-refractivity contribution >= 4 is 41.1 Å². The van der Waals surface area contributed by atoms with Crippen LogP contribution in [0.25, 0.3) is 39.3 Å². The van der Waals surface area contributed by atoms with E-state index in [1.165, 1.54) is 28.0 Å². The summed E-state index contributed by atoms with van der Waals surface area (Å²) in [6, 6.07) is 26.2. The van der Waals surface area contributed by atoms with Crippen molar-refractivity contribution in [1.29, 1.82) is 0 Å². The van der Waals surface area contributed by atoms with Crippen molar-refractivity contribution < 1.29 is 13.3 Å². The van der Waals surface area contributed by atoms with Gasteiger partial charge in [0, 0.05) is 34.3 Å². The molecule has 0 atom stereocenters. The van der Waals surface area contributed by atoms with Crippen molar-refractivity contribution in [1.82, 2.24) is 9.55 Å². The molecule has 0 aliphatic heterocycles. The molecule has 0 spiro atoms. The molecule has 5 aromatic rings. The average Bonchev–Trinajstić information content (AvgIpc) is 3.21. The van der Waals surface area contributed by atoms with Crippen LogP contribution in [0.5, 0.6) is 0 Å². The average molecular weight is 522 g/mol. The third-order valence-corrected chi connectivity index (χ3v) is 7.09. The summed E-state index contributed by atoms with van der Waals surface area (Å²) >= 11 is 0. The molecule has 0 aliphatic carbocycles. The van der Waals surface area contributed by atoms with E-state index in [1.54, 1.807) is 24.4 Å². The predicted molar refractivity (Wildman–Crippen MR) is 159 cm³/mol. The van der Waals surface area contributed by atoms with Crippen LogP contribution in [0.1, 0.15) is 63.9 Å². The van der Waals surface area contributed by atoms with Gasteiger partial charge in [0.15, 0.2) is 0 Å². The Balaban J connectivity index is 1.67. The molecule has 0 unspecified atom stereocenters. The lowest BCUT2D eigenvalue weighted by Gasteiger charge is -2.19. The summed E-state index contributed by atoms with van der Waals surface area (Å²) in [7, 11) is -2.94. The summed E-state index contributed by atoms with van der Waals surface area (Å²) in [6.45, 7) is 13.4. The highest BCUT2D eigenvalue weighted by molar-refractivity contribution is 6.36. The molecule has 198 valence electrons. The van der Waals surface area contributed by atoms with Gasteiger partial charge in [-0.15, -0.1) is 0 Å². The zero-order chi connectivity index (χ0) is 27.9. The molecule has 0 amide bonds. The predicted octanol–water partition coefficient (Wildman–Crippen LogP) is 9.21. The second-order valence-electron chi connectivity index (χ2n) is 12.0. The first-order valence-corrected chi connectivity index (χ1v) is 13.2. The number of hydrogen-bond donors (Lipinski definition) is 0. The van der Waals surface area contributed by atoms with Gasteiger partial charge < -0.3 is 9.22 Å². The molecule has 3 nitrogen and oxygen atoms in total. The summed E-state index contributed by atoms with van der Waals surface area (Å²) in [5.41, 5.74) is 6.84. The molecule has 39 heavy (non-hydrogen) atoms. The molecule has 5 rings (SSSR count).